The average molecular weight is 190 g/mol. The lowest BCUT2D eigenvalue weighted by Gasteiger charge is -2.32. The van der Waals surface area contributed by atoms with Crippen LogP contribution in [-0.4, -0.2) is 5.91 Å². The largest absolute Gasteiger partial charge is 0.329 e. The van der Waals surface area contributed by atoms with E-state index < -0.39 is 5.92 Å². The van der Waals surface area contributed by atoms with Crippen LogP contribution in [0.4, 0.5) is 0 Å². The number of hydrogen-bond acceptors (Lipinski definition) is 2. The highest BCUT2D eigenvalue weighted by Crippen LogP contribution is 2.35. The van der Waals surface area contributed by atoms with Gasteiger partial charge in [-0.25, -0.2) is 0 Å². The van der Waals surface area contributed by atoms with E-state index in [0.29, 0.717) is 0 Å². The average Bonchev–Trinajstić information content (AvgIpc) is 2.18. The smallest absolute Gasteiger partial charge is 0.242 e. The van der Waals surface area contributed by atoms with Gasteiger partial charge in [0.2, 0.25) is 5.91 Å². The maximum Gasteiger partial charge on any atom is 0.242 e. The van der Waals surface area contributed by atoms with E-state index in [1.807, 2.05) is 6.92 Å². The predicted molar refractivity (Wildman–Crippen MR) is 51.9 cm³/mol. The number of carbonyl (C=O) groups excluding carboxylic acids is 1. The number of amides is 1. The van der Waals surface area contributed by atoms with E-state index in [4.69, 9.17) is 5.26 Å². The van der Waals surface area contributed by atoms with Crippen molar-refractivity contribution in [1.29, 1.82) is 5.26 Å². The Hall–Kier alpha value is -1.30. The maximum atomic E-state index is 11.5. The monoisotopic (exact) mass is 190 g/mol. The van der Waals surface area contributed by atoms with Crippen molar-refractivity contribution in [3.05, 3.63) is 11.3 Å². The molecule has 0 saturated carbocycles. The van der Waals surface area contributed by atoms with E-state index in [2.05, 4.69) is 11.4 Å². The van der Waals surface area contributed by atoms with Crippen LogP contribution in [0.3, 0.4) is 0 Å². The molecule has 3 heteroatoms. The second-order valence-corrected chi connectivity index (χ2v) is 4.10. The van der Waals surface area contributed by atoms with Crippen LogP contribution in [-0.2, 0) is 4.79 Å². The summed E-state index contributed by atoms with van der Waals surface area (Å²) in [6.45, 7) is 1.99. The Labute approximate surface area is 83.8 Å². The molecule has 74 valence electrons. The molecule has 0 spiro atoms. The standard InChI is InChI=1S/C11H14N2O/c1-7-8-4-2-3-5-10(8)13-11(14)9(7)6-12/h7,9H,2-5H2,1H3,(H,13,14)/t7-,9+/m0/s1. The summed E-state index contributed by atoms with van der Waals surface area (Å²) in [4.78, 5) is 11.5. The molecule has 0 radical (unpaired) electrons. The molecule has 2 atom stereocenters. The molecule has 2 aliphatic rings. The Bertz CT molecular complexity index is 338. The fourth-order valence-corrected chi connectivity index (χ4v) is 2.40. The fraction of sp³-hybridized carbons (Fsp3) is 0.636. The highest BCUT2D eigenvalue weighted by molar-refractivity contribution is 5.85. The second kappa shape index (κ2) is 3.45. The van der Waals surface area contributed by atoms with Crippen LogP contribution >= 0.6 is 0 Å². The van der Waals surface area contributed by atoms with Crippen LogP contribution in [0.25, 0.3) is 0 Å². The molecule has 14 heavy (non-hydrogen) atoms. The molecular formula is C11H14N2O. The molecule has 0 saturated heterocycles. The lowest BCUT2D eigenvalue weighted by atomic mass is 9.78. The molecular weight excluding hydrogens is 176 g/mol. The van der Waals surface area contributed by atoms with E-state index in [-0.39, 0.29) is 11.8 Å². The van der Waals surface area contributed by atoms with E-state index in [9.17, 15) is 4.79 Å². The molecule has 2 rings (SSSR count). The van der Waals surface area contributed by atoms with Gasteiger partial charge in [-0.05, 0) is 31.3 Å². The Balaban J connectivity index is 2.33. The third-order valence-corrected chi connectivity index (χ3v) is 3.26. The quantitative estimate of drug-likeness (QED) is 0.632. The van der Waals surface area contributed by atoms with Crippen LogP contribution in [0.5, 0.6) is 0 Å². The molecule has 0 aromatic rings. The second-order valence-electron chi connectivity index (χ2n) is 4.10. The Morgan fingerprint density at radius 3 is 2.86 bits per heavy atom. The number of carbonyl (C=O) groups is 1. The van der Waals surface area contributed by atoms with Gasteiger partial charge in [-0.2, -0.15) is 5.26 Å². The van der Waals surface area contributed by atoms with Gasteiger partial charge >= 0.3 is 0 Å². The molecule has 0 unspecified atom stereocenters. The highest BCUT2D eigenvalue weighted by Gasteiger charge is 2.35. The number of nitrogens with one attached hydrogen (secondary N) is 1. The van der Waals surface area contributed by atoms with Crippen LogP contribution in [0.1, 0.15) is 32.6 Å². The molecule has 0 bridgehead atoms. The van der Waals surface area contributed by atoms with Gasteiger partial charge in [0.05, 0.1) is 6.07 Å². The molecule has 0 aromatic heterocycles. The Morgan fingerprint density at radius 2 is 2.14 bits per heavy atom. The number of allylic oxidation sites excluding steroid dienone is 2. The molecule has 0 fully saturated rings. The molecule has 1 aliphatic carbocycles. The van der Waals surface area contributed by atoms with Gasteiger partial charge in [0.15, 0.2) is 0 Å². The minimum atomic E-state index is -0.480. The van der Waals surface area contributed by atoms with E-state index in [0.717, 1.165) is 25.0 Å². The number of hydrogen-bond donors (Lipinski definition) is 1. The summed E-state index contributed by atoms with van der Waals surface area (Å²) >= 11 is 0. The van der Waals surface area contributed by atoms with Crippen molar-refractivity contribution in [3.63, 3.8) is 0 Å². The van der Waals surface area contributed by atoms with Crippen LogP contribution in [0.2, 0.25) is 0 Å². The summed E-state index contributed by atoms with van der Waals surface area (Å²) in [6.07, 6.45) is 4.37. The first-order valence-electron chi connectivity index (χ1n) is 5.16. The van der Waals surface area contributed by atoms with Crippen LogP contribution in [0.15, 0.2) is 11.3 Å². The van der Waals surface area contributed by atoms with Crippen molar-refractivity contribution >= 4 is 5.91 Å². The highest BCUT2D eigenvalue weighted by atomic mass is 16.2. The first-order chi connectivity index (χ1) is 6.74. The van der Waals surface area contributed by atoms with Crippen LogP contribution in [0, 0.1) is 23.2 Å². The Morgan fingerprint density at radius 1 is 1.43 bits per heavy atom. The zero-order valence-corrected chi connectivity index (χ0v) is 8.34. The minimum absolute atomic E-state index is 0.111. The molecule has 1 aliphatic heterocycles. The third-order valence-electron chi connectivity index (χ3n) is 3.26. The molecule has 0 aromatic carbocycles. The van der Waals surface area contributed by atoms with E-state index in [1.165, 1.54) is 12.0 Å². The number of nitrogens with zero attached hydrogens (tertiary/aromatic N) is 1. The van der Waals surface area contributed by atoms with Gasteiger partial charge in [0, 0.05) is 11.6 Å². The van der Waals surface area contributed by atoms with Crippen molar-refractivity contribution in [2.75, 3.05) is 0 Å². The first-order valence-corrected chi connectivity index (χ1v) is 5.16. The lowest BCUT2D eigenvalue weighted by molar-refractivity contribution is -0.124. The normalized spacial score (nSPS) is 31.9. The van der Waals surface area contributed by atoms with E-state index in [1.54, 1.807) is 0 Å². The number of nitriles is 1. The zero-order valence-electron chi connectivity index (χ0n) is 8.34. The maximum absolute atomic E-state index is 11.5. The van der Waals surface area contributed by atoms with Crippen molar-refractivity contribution in [1.82, 2.24) is 5.32 Å². The predicted octanol–water partition coefficient (Wildman–Crippen LogP) is 1.72. The summed E-state index contributed by atoms with van der Waals surface area (Å²) in [7, 11) is 0. The lowest BCUT2D eigenvalue weighted by Crippen LogP contribution is -2.40. The van der Waals surface area contributed by atoms with Crippen LogP contribution < -0.4 is 5.32 Å². The first kappa shape index (κ1) is 9.26. The zero-order chi connectivity index (χ0) is 10.1. The van der Waals surface area contributed by atoms with E-state index >= 15 is 0 Å². The number of rotatable bonds is 0. The van der Waals surface area contributed by atoms with Gasteiger partial charge < -0.3 is 5.32 Å². The van der Waals surface area contributed by atoms with Gasteiger partial charge in [0.25, 0.3) is 0 Å². The van der Waals surface area contributed by atoms with Gasteiger partial charge in [-0.15, -0.1) is 0 Å². The summed E-state index contributed by atoms with van der Waals surface area (Å²) in [5.74, 6) is -0.475. The summed E-state index contributed by atoms with van der Waals surface area (Å²) in [5, 5.41) is 11.8. The molecule has 3 nitrogen and oxygen atoms in total. The van der Waals surface area contributed by atoms with Crippen molar-refractivity contribution in [3.8, 4) is 6.07 Å². The summed E-state index contributed by atoms with van der Waals surface area (Å²) in [5.41, 5.74) is 2.41. The topological polar surface area (TPSA) is 52.9 Å². The molecule has 1 amide bonds. The third kappa shape index (κ3) is 1.31. The Kier molecular flexibility index (Phi) is 2.28. The SMILES string of the molecule is C[C@H]1C2=C(CCCC2)NC(=O)[C@@H]1C#N. The summed E-state index contributed by atoms with van der Waals surface area (Å²) < 4.78 is 0. The molecule has 1 N–H and O–H groups in total. The summed E-state index contributed by atoms with van der Waals surface area (Å²) in [6, 6.07) is 2.09. The molecule has 1 heterocycles. The van der Waals surface area contributed by atoms with Gasteiger partial charge in [-0.1, -0.05) is 6.92 Å². The fourth-order valence-electron chi connectivity index (χ4n) is 2.40. The van der Waals surface area contributed by atoms with Crippen molar-refractivity contribution in [2.45, 2.75) is 32.6 Å². The minimum Gasteiger partial charge on any atom is -0.329 e. The van der Waals surface area contributed by atoms with Crippen molar-refractivity contribution in [2.24, 2.45) is 11.8 Å². The van der Waals surface area contributed by atoms with Gasteiger partial charge in [-0.3, -0.25) is 4.79 Å². The van der Waals surface area contributed by atoms with Gasteiger partial charge in [0.1, 0.15) is 5.92 Å². The van der Waals surface area contributed by atoms with Crippen molar-refractivity contribution < 1.29 is 4.79 Å².